The highest BCUT2D eigenvalue weighted by atomic mass is 16.3. The number of fused-ring (bicyclic) bond motifs is 4. The molecule has 26 heavy (non-hydrogen) atoms. The summed E-state index contributed by atoms with van der Waals surface area (Å²) in [4.78, 5) is 38.4. The Hall–Kier alpha value is -3.19. The van der Waals surface area contributed by atoms with Gasteiger partial charge in [0, 0.05) is 24.0 Å². The van der Waals surface area contributed by atoms with Gasteiger partial charge >= 0.3 is 0 Å². The molecule has 0 unspecified atom stereocenters. The minimum atomic E-state index is -1.33. The summed E-state index contributed by atoms with van der Waals surface area (Å²) < 4.78 is 0. The van der Waals surface area contributed by atoms with Crippen LogP contribution in [0.25, 0.3) is 0 Å². The number of Topliss-reactive ketones (excluding diaryl/α,β-unsaturated/α-hetero) is 1. The van der Waals surface area contributed by atoms with Crippen LogP contribution in [0, 0.1) is 0 Å². The number of rotatable bonds is 0. The molecule has 4 rings (SSSR count). The van der Waals surface area contributed by atoms with Crippen LogP contribution in [0.5, 0.6) is 17.2 Å². The SMILES string of the molecule is C[C@]1(O)CC(=O)c2c(cc(O)c3c2C(=O)c2c(O)ccc(O)c2C3=O)C1. The lowest BCUT2D eigenvalue weighted by atomic mass is 9.73. The summed E-state index contributed by atoms with van der Waals surface area (Å²) in [7, 11) is 0. The van der Waals surface area contributed by atoms with Gasteiger partial charge in [0.15, 0.2) is 11.6 Å². The molecular formula is C19H14O7. The third-order valence-corrected chi connectivity index (χ3v) is 4.85. The Morgan fingerprint density at radius 3 is 1.85 bits per heavy atom. The zero-order valence-corrected chi connectivity index (χ0v) is 13.7. The van der Waals surface area contributed by atoms with E-state index >= 15 is 0 Å². The summed E-state index contributed by atoms with van der Waals surface area (Å²) in [6.45, 7) is 1.47. The minimum Gasteiger partial charge on any atom is -0.507 e. The monoisotopic (exact) mass is 354 g/mol. The lowest BCUT2D eigenvalue weighted by molar-refractivity contribution is 0.0408. The molecule has 0 amide bonds. The highest BCUT2D eigenvalue weighted by molar-refractivity contribution is 6.33. The third-order valence-electron chi connectivity index (χ3n) is 4.85. The molecule has 2 aliphatic carbocycles. The standard InChI is InChI=1S/C19H14O7/c1-19(26)5-7-4-10(22)15-16(12(7)11(23)6-19)18(25)14-9(21)3-2-8(20)13(14)17(15)24/h2-4,20-22,26H,5-6H2,1H3/t19-/m1/s1. The van der Waals surface area contributed by atoms with Crippen LogP contribution in [0.4, 0.5) is 0 Å². The molecule has 7 nitrogen and oxygen atoms in total. The van der Waals surface area contributed by atoms with Crippen LogP contribution < -0.4 is 0 Å². The summed E-state index contributed by atoms with van der Waals surface area (Å²) in [5, 5.41) is 40.6. The molecule has 0 heterocycles. The molecule has 7 heteroatoms. The van der Waals surface area contributed by atoms with Gasteiger partial charge in [-0.25, -0.2) is 0 Å². The Morgan fingerprint density at radius 1 is 0.769 bits per heavy atom. The first kappa shape index (κ1) is 16.3. The molecule has 0 saturated carbocycles. The maximum atomic E-state index is 13.0. The van der Waals surface area contributed by atoms with Crippen molar-refractivity contribution in [3.05, 3.63) is 51.6 Å². The van der Waals surface area contributed by atoms with Crippen molar-refractivity contribution >= 4 is 17.3 Å². The van der Waals surface area contributed by atoms with Gasteiger partial charge in [-0.2, -0.15) is 0 Å². The maximum absolute atomic E-state index is 13.0. The van der Waals surface area contributed by atoms with Gasteiger partial charge in [-0.1, -0.05) is 0 Å². The lowest BCUT2D eigenvalue weighted by Gasteiger charge is -2.32. The summed E-state index contributed by atoms with van der Waals surface area (Å²) in [5.74, 6) is -3.74. The summed E-state index contributed by atoms with van der Waals surface area (Å²) in [6, 6.07) is 3.34. The fraction of sp³-hybridized carbons (Fsp3) is 0.211. The van der Waals surface area contributed by atoms with Crippen molar-refractivity contribution in [1.82, 2.24) is 0 Å². The Bertz CT molecular complexity index is 1050. The number of hydrogen-bond donors (Lipinski definition) is 4. The second-order valence-corrected chi connectivity index (χ2v) is 6.97. The van der Waals surface area contributed by atoms with Crippen molar-refractivity contribution in [3.63, 3.8) is 0 Å². The normalized spacial score (nSPS) is 21.2. The van der Waals surface area contributed by atoms with Crippen LogP contribution in [-0.4, -0.2) is 43.4 Å². The summed E-state index contributed by atoms with van der Waals surface area (Å²) in [5.41, 5.74) is -2.59. The van der Waals surface area contributed by atoms with E-state index in [4.69, 9.17) is 0 Å². The molecule has 2 aromatic carbocycles. The largest absolute Gasteiger partial charge is 0.507 e. The highest BCUT2D eigenvalue weighted by Gasteiger charge is 2.43. The van der Waals surface area contributed by atoms with E-state index in [1.807, 2.05) is 0 Å². The van der Waals surface area contributed by atoms with Crippen molar-refractivity contribution in [2.75, 3.05) is 0 Å². The average Bonchev–Trinajstić information content (AvgIpc) is 2.52. The fourth-order valence-electron chi connectivity index (χ4n) is 3.84. The van der Waals surface area contributed by atoms with E-state index in [0.29, 0.717) is 0 Å². The number of carbonyl (C=O) groups is 3. The zero-order chi connectivity index (χ0) is 19.0. The Morgan fingerprint density at radius 2 is 1.27 bits per heavy atom. The van der Waals surface area contributed by atoms with E-state index in [9.17, 15) is 34.8 Å². The predicted octanol–water partition coefficient (Wildman–Crippen LogP) is 1.46. The summed E-state index contributed by atoms with van der Waals surface area (Å²) in [6.07, 6.45) is -0.215. The second kappa shape index (κ2) is 4.92. The molecule has 2 aliphatic rings. The molecule has 0 fully saturated rings. The lowest BCUT2D eigenvalue weighted by Crippen LogP contribution is -2.37. The molecule has 0 aliphatic heterocycles. The number of carbonyl (C=O) groups excluding carboxylic acids is 3. The number of aliphatic hydroxyl groups is 1. The number of benzene rings is 2. The highest BCUT2D eigenvalue weighted by Crippen LogP contribution is 2.44. The Labute approximate surface area is 147 Å². The number of hydrogen-bond acceptors (Lipinski definition) is 7. The Kier molecular flexibility index (Phi) is 3.08. The van der Waals surface area contributed by atoms with Gasteiger partial charge in [0.2, 0.25) is 5.78 Å². The molecule has 132 valence electrons. The molecule has 0 spiro atoms. The summed E-state index contributed by atoms with van der Waals surface area (Å²) >= 11 is 0. The number of ketones is 3. The van der Waals surface area contributed by atoms with Gasteiger partial charge in [-0.15, -0.1) is 0 Å². The molecule has 4 N–H and O–H groups in total. The number of phenolic OH excluding ortho intramolecular Hbond substituents is 3. The van der Waals surface area contributed by atoms with Crippen molar-refractivity contribution < 1.29 is 34.8 Å². The van der Waals surface area contributed by atoms with E-state index in [1.165, 1.54) is 13.0 Å². The molecular weight excluding hydrogens is 340 g/mol. The van der Waals surface area contributed by atoms with Crippen LogP contribution in [0.2, 0.25) is 0 Å². The molecule has 2 aromatic rings. The molecule has 0 bridgehead atoms. The fourth-order valence-corrected chi connectivity index (χ4v) is 3.84. The number of phenols is 3. The van der Waals surface area contributed by atoms with Gasteiger partial charge in [-0.3, -0.25) is 14.4 Å². The second-order valence-electron chi connectivity index (χ2n) is 6.97. The van der Waals surface area contributed by atoms with Gasteiger partial charge in [-0.05, 0) is 30.7 Å². The van der Waals surface area contributed by atoms with E-state index in [1.54, 1.807) is 0 Å². The van der Waals surface area contributed by atoms with E-state index in [2.05, 4.69) is 0 Å². The van der Waals surface area contributed by atoms with Gasteiger partial charge in [0.05, 0.1) is 22.3 Å². The first-order valence-corrected chi connectivity index (χ1v) is 7.91. The first-order chi connectivity index (χ1) is 12.1. The minimum absolute atomic E-state index is 0.0231. The van der Waals surface area contributed by atoms with Gasteiger partial charge in [0.1, 0.15) is 17.2 Å². The van der Waals surface area contributed by atoms with Crippen LogP contribution in [0.15, 0.2) is 18.2 Å². The average molecular weight is 354 g/mol. The molecule has 0 radical (unpaired) electrons. The molecule has 1 atom stereocenters. The van der Waals surface area contributed by atoms with Crippen LogP contribution in [0.3, 0.4) is 0 Å². The maximum Gasteiger partial charge on any atom is 0.202 e. The van der Waals surface area contributed by atoms with E-state index in [-0.39, 0.29) is 35.1 Å². The smallest absolute Gasteiger partial charge is 0.202 e. The Balaban J connectivity index is 2.09. The third kappa shape index (κ3) is 2.01. The van der Waals surface area contributed by atoms with E-state index in [0.717, 1.165) is 12.1 Å². The predicted molar refractivity (Wildman–Crippen MR) is 88.0 cm³/mol. The van der Waals surface area contributed by atoms with Crippen LogP contribution in [0.1, 0.15) is 61.1 Å². The molecule has 0 saturated heterocycles. The van der Waals surface area contributed by atoms with Crippen molar-refractivity contribution in [3.8, 4) is 17.2 Å². The van der Waals surface area contributed by atoms with Gasteiger partial charge in [0.25, 0.3) is 0 Å². The zero-order valence-electron chi connectivity index (χ0n) is 13.7. The van der Waals surface area contributed by atoms with Crippen LogP contribution >= 0.6 is 0 Å². The quantitative estimate of drug-likeness (QED) is 0.449. The van der Waals surface area contributed by atoms with Crippen molar-refractivity contribution in [2.45, 2.75) is 25.4 Å². The molecule has 0 aromatic heterocycles. The first-order valence-electron chi connectivity index (χ1n) is 7.91. The van der Waals surface area contributed by atoms with Crippen molar-refractivity contribution in [2.24, 2.45) is 0 Å². The van der Waals surface area contributed by atoms with Crippen LogP contribution in [-0.2, 0) is 6.42 Å². The van der Waals surface area contributed by atoms with Crippen molar-refractivity contribution in [1.29, 1.82) is 0 Å². The topological polar surface area (TPSA) is 132 Å². The van der Waals surface area contributed by atoms with E-state index < -0.39 is 51.3 Å². The number of aromatic hydroxyl groups is 3. The van der Waals surface area contributed by atoms with Gasteiger partial charge < -0.3 is 20.4 Å².